The van der Waals surface area contributed by atoms with E-state index >= 15 is 0 Å². The first kappa shape index (κ1) is 43.2. The topological polar surface area (TPSA) is 32.3 Å². The fourth-order valence-corrected chi connectivity index (χ4v) is 13.7. The Morgan fingerprint density at radius 2 is 0.631 bits per heavy atom. The fraction of sp³-hybridized carbons (Fsp3) is 0.533. The first-order valence-electron chi connectivity index (χ1n) is 25.3. The minimum Gasteiger partial charge on any atom is -0.296 e. The number of hydrogen-bond acceptors (Lipinski definition) is 4. The van der Waals surface area contributed by atoms with Gasteiger partial charge in [0.2, 0.25) is 0 Å². The Morgan fingerprint density at radius 1 is 0.354 bits per heavy atom. The Labute approximate surface area is 392 Å². The third-order valence-electron chi connectivity index (χ3n) is 18.8. The van der Waals surface area contributed by atoms with Crippen molar-refractivity contribution in [3.63, 3.8) is 0 Å². The number of benzene rings is 4. The van der Waals surface area contributed by atoms with E-state index in [4.69, 9.17) is 9.97 Å². The molecular formula is C60H75BN4. The highest BCUT2D eigenvalue weighted by Crippen LogP contribution is 2.55. The standard InChI is InChI=1S/C60H75BN4/c1-53(2)21-23-55(5,6)40-29-36(17-19-38(40)53)64-48-33-44-42(57(9,10)25-27-59(44,13)14)31-46(48)61-47-32-43-45(60(15,16)28-26-58(43,11)12)34-49(47)65(52-50(61)51(64)62-35-63-52)37-18-20-39-41(30-37)56(7,8)24-22-54(39,3)4/h17-20,29-35H,21-28H2,1-16H3. The predicted molar refractivity (Wildman–Crippen MR) is 277 cm³/mol. The molecule has 0 saturated carbocycles. The molecule has 3 heterocycles. The fourth-order valence-electron chi connectivity index (χ4n) is 13.7. The van der Waals surface area contributed by atoms with Gasteiger partial charge in [-0.1, -0.05) is 135 Å². The molecule has 338 valence electrons. The highest BCUT2D eigenvalue weighted by Gasteiger charge is 2.50. The Bertz CT molecular complexity index is 2680. The zero-order valence-corrected chi connectivity index (χ0v) is 42.9. The Kier molecular flexibility index (Phi) is 8.77. The maximum atomic E-state index is 5.46. The van der Waals surface area contributed by atoms with Gasteiger partial charge in [-0.2, -0.15) is 0 Å². The third kappa shape index (κ3) is 6.14. The minimum atomic E-state index is -0.0306. The molecule has 1 aromatic heterocycles. The first-order valence-corrected chi connectivity index (χ1v) is 25.3. The van der Waals surface area contributed by atoms with Gasteiger partial charge in [-0.25, -0.2) is 9.97 Å². The van der Waals surface area contributed by atoms with Crippen LogP contribution in [0.4, 0.5) is 34.4 Å². The van der Waals surface area contributed by atoms with Crippen molar-refractivity contribution in [1.29, 1.82) is 0 Å². The van der Waals surface area contributed by atoms with Crippen LogP contribution in [0.1, 0.15) is 207 Å². The van der Waals surface area contributed by atoms with E-state index in [9.17, 15) is 0 Å². The zero-order chi connectivity index (χ0) is 46.4. The van der Waals surface area contributed by atoms with E-state index in [-0.39, 0.29) is 50.0 Å². The maximum absolute atomic E-state index is 5.46. The van der Waals surface area contributed by atoms with Gasteiger partial charge in [0.25, 0.3) is 6.71 Å². The number of fused-ring (bicyclic) bond motifs is 8. The van der Waals surface area contributed by atoms with Gasteiger partial charge < -0.3 is 0 Å². The van der Waals surface area contributed by atoms with Crippen LogP contribution in [0.15, 0.2) is 67.0 Å². The molecule has 0 spiro atoms. The Balaban J connectivity index is 1.25. The number of hydrogen-bond donors (Lipinski definition) is 0. The van der Waals surface area contributed by atoms with Gasteiger partial charge in [-0.05, 0) is 187 Å². The van der Waals surface area contributed by atoms with Crippen molar-refractivity contribution in [3.8, 4) is 0 Å². The second kappa shape index (κ2) is 13.2. The van der Waals surface area contributed by atoms with Gasteiger partial charge in [0.05, 0.1) is 0 Å². The van der Waals surface area contributed by atoms with Crippen LogP contribution in [0.25, 0.3) is 0 Å². The summed E-state index contributed by atoms with van der Waals surface area (Å²) in [5.41, 5.74) is 21.4. The molecule has 0 N–H and O–H groups in total. The van der Waals surface area contributed by atoms with E-state index in [0.717, 1.165) is 11.6 Å². The van der Waals surface area contributed by atoms with Gasteiger partial charge in [0, 0.05) is 28.2 Å². The van der Waals surface area contributed by atoms with Gasteiger partial charge in [0.1, 0.15) is 18.0 Å². The molecule has 0 bridgehead atoms. The lowest BCUT2D eigenvalue weighted by molar-refractivity contribution is 0.332. The summed E-state index contributed by atoms with van der Waals surface area (Å²) in [4.78, 5) is 16.1. The van der Waals surface area contributed by atoms with Crippen molar-refractivity contribution in [2.45, 2.75) is 205 Å². The average Bonchev–Trinajstić information content (AvgIpc) is 3.24. The molecule has 0 radical (unpaired) electrons. The largest absolute Gasteiger partial charge is 0.296 e. The molecule has 4 aromatic carbocycles. The summed E-state index contributed by atoms with van der Waals surface area (Å²) < 4.78 is 0. The molecule has 0 unspecified atom stereocenters. The molecule has 65 heavy (non-hydrogen) atoms. The molecule has 0 amide bonds. The molecule has 0 saturated heterocycles. The van der Waals surface area contributed by atoms with E-state index in [1.807, 2.05) is 6.33 Å². The molecule has 0 atom stereocenters. The van der Waals surface area contributed by atoms with Crippen LogP contribution >= 0.6 is 0 Å². The molecule has 6 aliphatic rings. The highest BCUT2D eigenvalue weighted by atomic mass is 15.3. The van der Waals surface area contributed by atoms with Crippen LogP contribution in [-0.2, 0) is 43.3 Å². The lowest BCUT2D eigenvalue weighted by atomic mass is 9.33. The average molecular weight is 863 g/mol. The monoisotopic (exact) mass is 863 g/mol. The van der Waals surface area contributed by atoms with Crippen LogP contribution in [0.3, 0.4) is 0 Å². The van der Waals surface area contributed by atoms with E-state index in [1.165, 1.54) is 135 Å². The van der Waals surface area contributed by atoms with Crippen LogP contribution in [0.2, 0.25) is 0 Å². The summed E-state index contributed by atoms with van der Waals surface area (Å²) >= 11 is 0. The third-order valence-corrected chi connectivity index (χ3v) is 18.8. The van der Waals surface area contributed by atoms with E-state index in [2.05, 4.69) is 181 Å². The van der Waals surface area contributed by atoms with Crippen LogP contribution < -0.4 is 26.2 Å². The number of nitrogens with zero attached hydrogens (tertiary/aromatic N) is 4. The van der Waals surface area contributed by atoms with E-state index < -0.39 is 0 Å². The van der Waals surface area contributed by atoms with Gasteiger partial charge in [-0.3, -0.25) is 9.80 Å². The summed E-state index contributed by atoms with van der Waals surface area (Å²) in [6.45, 7) is 39.4. The second-order valence-corrected chi connectivity index (χ2v) is 27.0. The highest BCUT2D eigenvalue weighted by molar-refractivity contribution is 7.00. The van der Waals surface area contributed by atoms with Crippen molar-refractivity contribution >= 4 is 57.5 Å². The summed E-state index contributed by atoms with van der Waals surface area (Å²) in [5.74, 6) is 2.03. The van der Waals surface area contributed by atoms with E-state index in [1.54, 1.807) is 0 Å². The summed E-state index contributed by atoms with van der Waals surface area (Å²) in [6.07, 6.45) is 11.3. The molecule has 4 aliphatic carbocycles. The Morgan fingerprint density at radius 3 is 0.954 bits per heavy atom. The van der Waals surface area contributed by atoms with Crippen molar-refractivity contribution < 1.29 is 0 Å². The molecule has 11 rings (SSSR count). The molecule has 4 nitrogen and oxygen atoms in total. The molecule has 2 aliphatic heterocycles. The van der Waals surface area contributed by atoms with Crippen molar-refractivity contribution in [2.75, 3.05) is 9.80 Å². The normalized spacial score (nSPS) is 23.5. The van der Waals surface area contributed by atoms with Crippen LogP contribution in [-0.4, -0.2) is 16.7 Å². The van der Waals surface area contributed by atoms with Gasteiger partial charge >= 0.3 is 0 Å². The zero-order valence-electron chi connectivity index (χ0n) is 42.9. The number of aromatic nitrogens is 2. The molecule has 5 aromatic rings. The SMILES string of the molecule is CC1(C)CCC(C)(C)c2cc(N3c4cc5c(cc4B4c6cc7c(cc6N(c6ccc8c(c6)C(C)(C)CCC8(C)C)c6ncnc3c64)C(C)(C)CCC7(C)C)C(C)(C)CCC5(C)C)ccc21. The predicted octanol–water partition coefficient (Wildman–Crippen LogP) is 14.0. The molecular weight excluding hydrogens is 787 g/mol. The van der Waals surface area contributed by atoms with Crippen molar-refractivity contribution in [3.05, 3.63) is 111 Å². The van der Waals surface area contributed by atoms with Crippen LogP contribution in [0, 0.1) is 0 Å². The summed E-state index contributed by atoms with van der Waals surface area (Å²) in [5, 5.41) is 0. The van der Waals surface area contributed by atoms with Crippen molar-refractivity contribution in [2.24, 2.45) is 0 Å². The van der Waals surface area contributed by atoms with Crippen LogP contribution in [0.5, 0.6) is 0 Å². The maximum Gasteiger partial charge on any atom is 0.256 e. The smallest absolute Gasteiger partial charge is 0.256 e. The number of anilines is 6. The first-order chi connectivity index (χ1) is 30.2. The quantitative estimate of drug-likeness (QED) is 0.162. The lowest BCUT2D eigenvalue weighted by Crippen LogP contribution is -2.62. The minimum absolute atomic E-state index is 0.0306. The lowest BCUT2D eigenvalue weighted by Gasteiger charge is -2.48. The molecule has 5 heteroatoms. The summed E-state index contributed by atoms with van der Waals surface area (Å²) in [7, 11) is 0. The number of rotatable bonds is 2. The second-order valence-electron chi connectivity index (χ2n) is 27.0. The van der Waals surface area contributed by atoms with Gasteiger partial charge in [-0.15, -0.1) is 0 Å². The van der Waals surface area contributed by atoms with Crippen molar-refractivity contribution in [1.82, 2.24) is 9.97 Å². The summed E-state index contributed by atoms with van der Waals surface area (Å²) in [6, 6.07) is 25.4. The Hall–Kier alpha value is -4.38. The molecule has 0 fully saturated rings. The van der Waals surface area contributed by atoms with E-state index in [0.29, 0.717) is 0 Å². The van der Waals surface area contributed by atoms with Gasteiger partial charge in [0.15, 0.2) is 0 Å².